The van der Waals surface area contributed by atoms with Gasteiger partial charge in [-0.05, 0) is 42.8 Å². The lowest BCUT2D eigenvalue weighted by molar-refractivity contribution is -0.123. The Morgan fingerprint density at radius 2 is 1.53 bits per heavy atom. The van der Waals surface area contributed by atoms with Crippen LogP contribution in [-0.2, 0) is 4.79 Å². The summed E-state index contributed by atoms with van der Waals surface area (Å²) in [7, 11) is 3.20. The summed E-state index contributed by atoms with van der Waals surface area (Å²) in [6, 6.07) is 15.3. The van der Waals surface area contributed by atoms with E-state index in [1.54, 1.807) is 25.3 Å². The van der Waals surface area contributed by atoms with Gasteiger partial charge in [0.2, 0.25) is 11.9 Å². The van der Waals surface area contributed by atoms with E-state index < -0.39 is 5.41 Å². The predicted octanol–water partition coefficient (Wildman–Crippen LogP) is 5.36. The number of carbonyl (C=O) groups is 2. The number of pyridine rings is 1. The number of urea groups is 1. The molecule has 0 atom stereocenters. The number of carbonyl (C=O) groups excluding carboxylic acids is 2. The quantitative estimate of drug-likeness (QED) is 0.311. The minimum atomic E-state index is -0.625. The number of benzene rings is 2. The second kappa shape index (κ2) is 12.1. The SMILES string of the molecule is COc1ccc(-c2cnc3nc(NC(=O)C(C)(C)C)nc(N4CCN(C(=O)Nc5ccc(C)cc5)CC4)c3c2)cc1OC. The molecule has 2 aromatic carbocycles. The number of methoxy groups -OCH3 is 2. The first-order chi connectivity index (χ1) is 20.5. The summed E-state index contributed by atoms with van der Waals surface area (Å²) in [4.78, 5) is 43.7. The number of rotatable bonds is 6. The maximum Gasteiger partial charge on any atom is 0.321 e. The van der Waals surface area contributed by atoms with Gasteiger partial charge in [-0.3, -0.25) is 10.1 Å². The molecule has 0 radical (unpaired) electrons. The average molecular weight is 584 g/mol. The van der Waals surface area contributed by atoms with Gasteiger partial charge in [-0.1, -0.05) is 44.5 Å². The fourth-order valence-electron chi connectivity index (χ4n) is 4.72. The highest BCUT2D eigenvalue weighted by molar-refractivity contribution is 5.96. The van der Waals surface area contributed by atoms with E-state index in [-0.39, 0.29) is 17.9 Å². The van der Waals surface area contributed by atoms with Crippen LogP contribution in [0.4, 0.5) is 22.2 Å². The van der Waals surface area contributed by atoms with Crippen molar-refractivity contribution in [3.63, 3.8) is 0 Å². The summed E-state index contributed by atoms with van der Waals surface area (Å²) in [5.74, 6) is 1.87. The van der Waals surface area contributed by atoms with Crippen molar-refractivity contribution in [3.05, 3.63) is 60.3 Å². The van der Waals surface area contributed by atoms with Crippen LogP contribution >= 0.6 is 0 Å². The van der Waals surface area contributed by atoms with Crippen LogP contribution in [0.2, 0.25) is 0 Å². The molecule has 1 aliphatic rings. The summed E-state index contributed by atoms with van der Waals surface area (Å²) in [6.07, 6.45) is 1.74. The maximum absolute atomic E-state index is 13.0. The topological polar surface area (TPSA) is 122 Å². The van der Waals surface area contributed by atoms with E-state index in [0.29, 0.717) is 49.1 Å². The van der Waals surface area contributed by atoms with Gasteiger partial charge in [-0.25, -0.2) is 9.78 Å². The van der Waals surface area contributed by atoms with Gasteiger partial charge in [0, 0.05) is 49.0 Å². The second-order valence-electron chi connectivity index (χ2n) is 11.5. The first-order valence-electron chi connectivity index (χ1n) is 14.1. The molecule has 2 N–H and O–H groups in total. The Morgan fingerprint density at radius 3 is 2.19 bits per heavy atom. The summed E-state index contributed by atoms with van der Waals surface area (Å²) in [6.45, 7) is 9.58. The Labute approximate surface area is 251 Å². The minimum Gasteiger partial charge on any atom is -0.493 e. The van der Waals surface area contributed by atoms with Gasteiger partial charge in [0.15, 0.2) is 17.1 Å². The Bertz CT molecular complexity index is 1640. The number of aromatic nitrogens is 3. The van der Waals surface area contributed by atoms with Gasteiger partial charge in [0.1, 0.15) is 5.82 Å². The number of nitrogens with zero attached hydrogens (tertiary/aromatic N) is 5. The van der Waals surface area contributed by atoms with Gasteiger partial charge in [0.25, 0.3) is 0 Å². The molecule has 43 heavy (non-hydrogen) atoms. The first-order valence-corrected chi connectivity index (χ1v) is 14.1. The summed E-state index contributed by atoms with van der Waals surface area (Å²) in [5, 5.41) is 6.56. The summed E-state index contributed by atoms with van der Waals surface area (Å²) in [5.41, 5.74) is 3.46. The van der Waals surface area contributed by atoms with Crippen molar-refractivity contribution in [3.8, 4) is 22.6 Å². The van der Waals surface area contributed by atoms with Gasteiger partial charge in [-0.15, -0.1) is 0 Å². The number of amides is 3. The zero-order valence-corrected chi connectivity index (χ0v) is 25.4. The van der Waals surface area contributed by atoms with Crippen LogP contribution in [0.15, 0.2) is 54.7 Å². The van der Waals surface area contributed by atoms with E-state index in [2.05, 4.69) is 25.5 Å². The van der Waals surface area contributed by atoms with Crippen LogP contribution < -0.4 is 25.0 Å². The molecule has 3 heterocycles. The van der Waals surface area contributed by atoms with Crippen molar-refractivity contribution in [1.29, 1.82) is 0 Å². The monoisotopic (exact) mass is 583 g/mol. The molecule has 2 aromatic heterocycles. The Morgan fingerprint density at radius 1 is 0.837 bits per heavy atom. The van der Waals surface area contributed by atoms with Crippen molar-refractivity contribution in [2.75, 3.05) is 55.9 Å². The van der Waals surface area contributed by atoms with Gasteiger partial charge in [-0.2, -0.15) is 9.97 Å². The lowest BCUT2D eigenvalue weighted by Gasteiger charge is -2.35. The van der Waals surface area contributed by atoms with Crippen LogP contribution in [0, 0.1) is 12.3 Å². The lowest BCUT2D eigenvalue weighted by Crippen LogP contribution is -2.50. The average Bonchev–Trinajstić information content (AvgIpc) is 3.00. The molecule has 0 spiro atoms. The summed E-state index contributed by atoms with van der Waals surface area (Å²) >= 11 is 0. The first kappa shape index (κ1) is 29.6. The third-order valence-electron chi connectivity index (χ3n) is 7.32. The molecule has 5 rings (SSSR count). The number of hydrogen-bond acceptors (Lipinski definition) is 8. The molecular formula is C32H37N7O4. The number of nitrogens with one attached hydrogen (secondary N) is 2. The van der Waals surface area contributed by atoms with E-state index >= 15 is 0 Å². The molecular weight excluding hydrogens is 546 g/mol. The van der Waals surface area contributed by atoms with Crippen LogP contribution in [0.1, 0.15) is 26.3 Å². The Balaban J connectivity index is 1.45. The third kappa shape index (κ3) is 6.61. The number of piperazine rings is 1. The molecule has 1 saturated heterocycles. The van der Waals surface area contributed by atoms with Crippen molar-refractivity contribution in [2.24, 2.45) is 5.41 Å². The normalized spacial score (nSPS) is 13.5. The molecule has 1 aliphatic heterocycles. The number of hydrogen-bond donors (Lipinski definition) is 2. The largest absolute Gasteiger partial charge is 0.493 e. The van der Waals surface area contributed by atoms with Crippen LogP contribution in [0.3, 0.4) is 0 Å². The fourth-order valence-corrected chi connectivity index (χ4v) is 4.72. The Hall–Kier alpha value is -4.93. The number of aryl methyl sites for hydroxylation is 1. The van der Waals surface area contributed by atoms with Crippen LogP contribution in [-0.4, -0.2) is 72.2 Å². The van der Waals surface area contributed by atoms with E-state index in [1.807, 2.05) is 76.2 Å². The predicted molar refractivity (Wildman–Crippen MR) is 168 cm³/mol. The van der Waals surface area contributed by atoms with E-state index in [0.717, 1.165) is 27.8 Å². The highest BCUT2D eigenvalue weighted by Gasteiger charge is 2.27. The molecule has 1 fully saturated rings. The van der Waals surface area contributed by atoms with E-state index in [1.165, 1.54) is 0 Å². The molecule has 224 valence electrons. The molecule has 11 nitrogen and oxygen atoms in total. The molecule has 3 amide bonds. The number of ether oxygens (including phenoxy) is 2. The zero-order valence-electron chi connectivity index (χ0n) is 25.4. The lowest BCUT2D eigenvalue weighted by atomic mass is 9.96. The van der Waals surface area contributed by atoms with Crippen molar-refractivity contribution in [1.82, 2.24) is 19.9 Å². The molecule has 0 saturated carbocycles. The molecule has 0 aliphatic carbocycles. The zero-order chi connectivity index (χ0) is 30.7. The second-order valence-corrected chi connectivity index (χ2v) is 11.5. The molecule has 0 bridgehead atoms. The number of fused-ring (bicyclic) bond motifs is 1. The highest BCUT2D eigenvalue weighted by Crippen LogP contribution is 2.35. The van der Waals surface area contributed by atoms with Gasteiger partial charge in [0.05, 0.1) is 19.6 Å². The van der Waals surface area contributed by atoms with Crippen LogP contribution in [0.5, 0.6) is 11.5 Å². The molecule has 11 heteroatoms. The molecule has 0 unspecified atom stereocenters. The standard InChI is InChI=1S/C32H37N7O4/c1-20-7-10-23(11-8-20)34-31(41)39-15-13-38(14-16-39)28-24-17-22(21-9-12-25(42-5)26(18-21)43-6)19-33-27(24)35-30(36-28)37-29(40)32(2,3)4/h7-12,17-19H,13-16H2,1-6H3,(H,34,41)(H,33,35,36,37,40). The van der Waals surface area contributed by atoms with E-state index in [4.69, 9.17) is 14.5 Å². The van der Waals surface area contributed by atoms with Gasteiger partial charge >= 0.3 is 6.03 Å². The van der Waals surface area contributed by atoms with Crippen molar-refractivity contribution in [2.45, 2.75) is 27.7 Å². The molecule has 4 aromatic rings. The van der Waals surface area contributed by atoms with Crippen molar-refractivity contribution >= 4 is 40.4 Å². The minimum absolute atomic E-state index is 0.147. The van der Waals surface area contributed by atoms with Crippen molar-refractivity contribution < 1.29 is 19.1 Å². The summed E-state index contributed by atoms with van der Waals surface area (Å²) < 4.78 is 10.9. The maximum atomic E-state index is 13.0. The fraction of sp³-hybridized carbons (Fsp3) is 0.344. The van der Waals surface area contributed by atoms with E-state index in [9.17, 15) is 9.59 Å². The number of anilines is 3. The third-order valence-corrected chi connectivity index (χ3v) is 7.32. The smallest absolute Gasteiger partial charge is 0.321 e. The highest BCUT2D eigenvalue weighted by atomic mass is 16.5. The van der Waals surface area contributed by atoms with Crippen LogP contribution in [0.25, 0.3) is 22.2 Å². The van der Waals surface area contributed by atoms with Gasteiger partial charge < -0.3 is 24.6 Å². The Kier molecular flexibility index (Phi) is 8.33.